The van der Waals surface area contributed by atoms with Gasteiger partial charge in [0.2, 0.25) is 0 Å². The summed E-state index contributed by atoms with van der Waals surface area (Å²) in [6, 6.07) is 0. The quantitative estimate of drug-likeness (QED) is 0.617. The van der Waals surface area contributed by atoms with Crippen molar-refractivity contribution in [3.05, 3.63) is 22.8 Å². The summed E-state index contributed by atoms with van der Waals surface area (Å²) in [7, 11) is 0. The summed E-state index contributed by atoms with van der Waals surface area (Å²) >= 11 is 0. The van der Waals surface area contributed by atoms with Gasteiger partial charge in [0, 0.05) is 21.7 Å². The summed E-state index contributed by atoms with van der Waals surface area (Å²) in [5.74, 6) is 0. The predicted octanol–water partition coefficient (Wildman–Crippen LogP) is 5.67. The molecule has 1 rings (SSSR count). The Kier molecular flexibility index (Phi) is 4.62. The molecule has 2 nitrogen and oxygen atoms in total. The number of hydrogen-bond donors (Lipinski definition) is 0. The minimum absolute atomic E-state index is 0.00791. The van der Waals surface area contributed by atoms with Gasteiger partial charge in [0.15, 0.2) is 0 Å². The second kappa shape index (κ2) is 5.32. The van der Waals surface area contributed by atoms with Gasteiger partial charge < -0.3 is 0 Å². The lowest BCUT2D eigenvalue weighted by molar-refractivity contribution is 0.447. The van der Waals surface area contributed by atoms with Crippen molar-refractivity contribution in [1.29, 1.82) is 0 Å². The maximum Gasteiger partial charge on any atom is 0.0681 e. The topological polar surface area (TPSA) is 25.8 Å². The minimum atomic E-state index is -0.00791. The summed E-state index contributed by atoms with van der Waals surface area (Å²) in [6.07, 6.45) is 0. The fourth-order valence-corrected chi connectivity index (χ4v) is 2.53. The van der Waals surface area contributed by atoms with E-state index in [9.17, 15) is 0 Å². The van der Waals surface area contributed by atoms with E-state index in [0.29, 0.717) is 0 Å². The molecule has 0 fully saturated rings. The third kappa shape index (κ3) is 4.08. The van der Waals surface area contributed by atoms with Crippen molar-refractivity contribution in [2.75, 3.05) is 0 Å². The molecular weight excluding hydrogens is 268 g/mol. The lowest BCUT2D eigenvalue weighted by atomic mass is 9.77. The highest BCUT2D eigenvalue weighted by Gasteiger charge is 2.35. The van der Waals surface area contributed by atoms with E-state index in [0.717, 1.165) is 22.8 Å². The van der Waals surface area contributed by atoms with Gasteiger partial charge >= 0.3 is 0 Å². The average Bonchev–Trinajstić information content (AvgIpc) is 2.22. The first-order valence-corrected chi connectivity index (χ1v) is 8.39. The lowest BCUT2D eigenvalue weighted by Crippen LogP contribution is -2.33. The van der Waals surface area contributed by atoms with Crippen LogP contribution in [-0.4, -0.2) is 9.97 Å². The first-order valence-electron chi connectivity index (χ1n) is 8.39. The summed E-state index contributed by atoms with van der Waals surface area (Å²) in [6.45, 7) is 26.8. The molecule has 1 aromatic heterocycles. The van der Waals surface area contributed by atoms with Gasteiger partial charge in [-0.05, 0) is 0 Å². The van der Waals surface area contributed by atoms with Crippen LogP contribution in [0.3, 0.4) is 0 Å². The van der Waals surface area contributed by atoms with Crippen LogP contribution in [0.1, 0.15) is 106 Å². The van der Waals surface area contributed by atoms with Gasteiger partial charge in [-0.1, -0.05) is 83.1 Å². The number of rotatable bonds is 0. The van der Waals surface area contributed by atoms with Crippen LogP contribution >= 0.6 is 0 Å². The van der Waals surface area contributed by atoms with Gasteiger partial charge in [0.25, 0.3) is 0 Å². The molecule has 22 heavy (non-hydrogen) atoms. The van der Waals surface area contributed by atoms with Gasteiger partial charge in [-0.25, -0.2) is 0 Å². The Morgan fingerprint density at radius 2 is 0.500 bits per heavy atom. The lowest BCUT2D eigenvalue weighted by Gasteiger charge is -2.34. The van der Waals surface area contributed by atoms with E-state index in [-0.39, 0.29) is 21.7 Å². The van der Waals surface area contributed by atoms with Crippen LogP contribution in [0, 0.1) is 0 Å². The monoisotopic (exact) mass is 304 g/mol. The smallest absolute Gasteiger partial charge is 0.0681 e. The van der Waals surface area contributed by atoms with E-state index < -0.39 is 0 Å². The predicted molar refractivity (Wildman–Crippen MR) is 96.8 cm³/mol. The fourth-order valence-electron chi connectivity index (χ4n) is 2.53. The second-order valence-electron chi connectivity index (χ2n) is 10.6. The Morgan fingerprint density at radius 1 is 0.364 bits per heavy atom. The highest BCUT2D eigenvalue weighted by atomic mass is 14.9. The normalized spacial score (nSPS) is 14.4. The molecule has 0 N–H and O–H groups in total. The van der Waals surface area contributed by atoms with Crippen molar-refractivity contribution in [3.8, 4) is 0 Å². The molecule has 0 aliphatic heterocycles. The zero-order chi connectivity index (χ0) is 17.7. The van der Waals surface area contributed by atoms with Crippen LogP contribution in [0.4, 0.5) is 0 Å². The third-order valence-corrected chi connectivity index (χ3v) is 3.74. The van der Waals surface area contributed by atoms with Gasteiger partial charge in [-0.2, -0.15) is 0 Å². The Morgan fingerprint density at radius 3 is 0.591 bits per heavy atom. The van der Waals surface area contributed by atoms with Crippen LogP contribution in [0.25, 0.3) is 0 Å². The molecule has 0 saturated heterocycles. The van der Waals surface area contributed by atoms with Crippen molar-refractivity contribution < 1.29 is 0 Å². The minimum Gasteiger partial charge on any atom is -0.253 e. The maximum absolute atomic E-state index is 5.19. The first-order chi connectivity index (χ1) is 9.45. The van der Waals surface area contributed by atoms with E-state index in [1.807, 2.05) is 0 Å². The van der Waals surface area contributed by atoms with Gasteiger partial charge in [-0.3, -0.25) is 9.97 Å². The van der Waals surface area contributed by atoms with E-state index >= 15 is 0 Å². The fraction of sp³-hybridized carbons (Fsp3) is 0.800. The Bertz CT molecular complexity index is 443. The van der Waals surface area contributed by atoms with Crippen LogP contribution in [-0.2, 0) is 21.7 Å². The molecule has 126 valence electrons. The standard InChI is InChI=1S/C20H36N2/c1-17(2,3)13-14(18(4,5)6)22-16(20(10,11)12)15(21-13)19(7,8)9/h1-12H3. The highest BCUT2D eigenvalue weighted by molar-refractivity contribution is 5.35. The molecule has 0 saturated carbocycles. The second-order valence-corrected chi connectivity index (χ2v) is 10.6. The number of hydrogen-bond acceptors (Lipinski definition) is 2. The third-order valence-electron chi connectivity index (χ3n) is 3.74. The Balaban J connectivity index is 3.90. The molecule has 0 aromatic carbocycles. The molecule has 0 aliphatic carbocycles. The summed E-state index contributed by atoms with van der Waals surface area (Å²) < 4.78 is 0. The van der Waals surface area contributed by atoms with E-state index in [1.54, 1.807) is 0 Å². The van der Waals surface area contributed by atoms with Gasteiger partial charge in [-0.15, -0.1) is 0 Å². The molecular formula is C20H36N2. The van der Waals surface area contributed by atoms with Crippen LogP contribution in [0.5, 0.6) is 0 Å². The number of nitrogens with zero attached hydrogens (tertiary/aromatic N) is 2. The molecule has 0 radical (unpaired) electrons. The van der Waals surface area contributed by atoms with Crippen LogP contribution in [0.2, 0.25) is 0 Å². The van der Waals surface area contributed by atoms with Crippen LogP contribution < -0.4 is 0 Å². The molecule has 0 unspecified atom stereocenters. The summed E-state index contributed by atoms with van der Waals surface area (Å²) in [4.78, 5) is 10.4. The molecule has 0 aliphatic rings. The molecule has 1 heterocycles. The zero-order valence-corrected chi connectivity index (χ0v) is 16.9. The zero-order valence-electron chi connectivity index (χ0n) is 16.9. The Labute approximate surface area is 138 Å². The summed E-state index contributed by atoms with van der Waals surface area (Å²) in [5, 5.41) is 0. The average molecular weight is 305 g/mol. The van der Waals surface area contributed by atoms with E-state index in [4.69, 9.17) is 9.97 Å². The molecule has 1 aromatic rings. The van der Waals surface area contributed by atoms with E-state index in [2.05, 4.69) is 83.1 Å². The van der Waals surface area contributed by atoms with Crippen molar-refractivity contribution in [3.63, 3.8) is 0 Å². The van der Waals surface area contributed by atoms with Crippen molar-refractivity contribution in [2.45, 2.75) is 105 Å². The molecule has 0 amide bonds. The molecule has 0 atom stereocenters. The van der Waals surface area contributed by atoms with Crippen LogP contribution in [0.15, 0.2) is 0 Å². The molecule has 2 heteroatoms. The largest absolute Gasteiger partial charge is 0.253 e. The van der Waals surface area contributed by atoms with Crippen molar-refractivity contribution in [2.24, 2.45) is 0 Å². The van der Waals surface area contributed by atoms with Gasteiger partial charge in [0.1, 0.15) is 0 Å². The molecule has 0 spiro atoms. The Hall–Kier alpha value is -0.920. The molecule has 0 bridgehead atoms. The van der Waals surface area contributed by atoms with Gasteiger partial charge in [0.05, 0.1) is 22.8 Å². The SMILES string of the molecule is CC(C)(C)c1nc(C(C)(C)C)c(C(C)(C)C)nc1C(C)(C)C. The number of aromatic nitrogens is 2. The highest BCUT2D eigenvalue weighted by Crippen LogP contribution is 2.37. The maximum atomic E-state index is 5.19. The van der Waals surface area contributed by atoms with Crippen molar-refractivity contribution in [1.82, 2.24) is 9.97 Å². The van der Waals surface area contributed by atoms with E-state index in [1.165, 1.54) is 0 Å². The van der Waals surface area contributed by atoms with Crippen molar-refractivity contribution >= 4 is 0 Å². The first kappa shape index (κ1) is 19.1. The summed E-state index contributed by atoms with van der Waals surface area (Å²) in [5.41, 5.74) is 4.52.